The highest BCUT2D eigenvalue weighted by Gasteiger charge is 2.46. The fourth-order valence-electron chi connectivity index (χ4n) is 3.50. The molecule has 1 aliphatic heterocycles. The Morgan fingerprint density at radius 1 is 1.11 bits per heavy atom. The zero-order valence-corrected chi connectivity index (χ0v) is 16.6. The number of carbonyl (C=O) groups excluding carboxylic acids is 1. The van der Waals surface area contributed by atoms with Crippen molar-refractivity contribution in [1.29, 1.82) is 0 Å². The Labute approximate surface area is 160 Å². The topological polar surface area (TPSA) is 72.5 Å². The molecule has 0 saturated heterocycles. The second kappa shape index (κ2) is 7.35. The van der Waals surface area contributed by atoms with Crippen molar-refractivity contribution < 1.29 is 17.9 Å². The molecule has 0 saturated carbocycles. The Balaban J connectivity index is 1.77. The van der Waals surface area contributed by atoms with Crippen LogP contribution in [0.25, 0.3) is 0 Å². The molecule has 6 heteroatoms. The van der Waals surface area contributed by atoms with Gasteiger partial charge in [-0.25, -0.2) is 13.2 Å². The molecule has 0 aliphatic carbocycles. The van der Waals surface area contributed by atoms with Crippen molar-refractivity contribution in [3.8, 4) is 0 Å². The van der Waals surface area contributed by atoms with Crippen LogP contribution < -0.4 is 5.32 Å². The number of hydrogen-bond donors (Lipinski definition) is 1. The third kappa shape index (κ3) is 4.16. The van der Waals surface area contributed by atoms with Crippen LogP contribution >= 0.6 is 0 Å². The van der Waals surface area contributed by atoms with Crippen LogP contribution in [0.1, 0.15) is 31.9 Å². The molecule has 0 radical (unpaired) electrons. The van der Waals surface area contributed by atoms with Gasteiger partial charge < -0.3 is 10.1 Å². The number of amides is 1. The number of benzene rings is 2. The second-order valence-electron chi connectivity index (χ2n) is 7.95. The van der Waals surface area contributed by atoms with Crippen molar-refractivity contribution in [3.63, 3.8) is 0 Å². The van der Waals surface area contributed by atoms with E-state index in [1.807, 2.05) is 63.2 Å². The summed E-state index contributed by atoms with van der Waals surface area (Å²) in [5, 5.41) is 2.11. The third-order valence-corrected chi connectivity index (χ3v) is 7.14. The molecule has 0 unspecified atom stereocenters. The van der Waals surface area contributed by atoms with E-state index in [0.29, 0.717) is 11.3 Å². The first-order valence-electron chi connectivity index (χ1n) is 8.98. The number of alkyl carbamates (subject to hydrolysis) is 1. The Bertz CT molecular complexity index is 917. The molecule has 2 aromatic rings. The van der Waals surface area contributed by atoms with Gasteiger partial charge in [-0.2, -0.15) is 0 Å². The molecule has 144 valence electrons. The Hall–Kier alpha value is -2.34. The molecule has 1 amide bonds. The molecular formula is C21H25NO4S. The van der Waals surface area contributed by atoms with Crippen LogP contribution in [0.3, 0.4) is 0 Å². The summed E-state index contributed by atoms with van der Waals surface area (Å²) in [5.41, 5.74) is 1.22. The van der Waals surface area contributed by atoms with E-state index < -0.39 is 32.6 Å². The van der Waals surface area contributed by atoms with Crippen LogP contribution in [0, 0.1) is 5.41 Å². The van der Waals surface area contributed by atoms with Crippen LogP contribution in [0.4, 0.5) is 4.79 Å². The fraction of sp³-hybridized carbons (Fsp3) is 0.381. The van der Waals surface area contributed by atoms with Crippen molar-refractivity contribution in [2.75, 3.05) is 0 Å². The van der Waals surface area contributed by atoms with Gasteiger partial charge in [-0.15, -0.1) is 0 Å². The zero-order valence-electron chi connectivity index (χ0n) is 15.8. The van der Waals surface area contributed by atoms with Gasteiger partial charge in [0, 0.05) is 0 Å². The van der Waals surface area contributed by atoms with Gasteiger partial charge in [0.1, 0.15) is 6.61 Å². The standard InChI is InChI=1S/C21H25NO4S/c1-21(2,3)19(22-20(23)26-14-15-9-5-4-6-10-15)18-13-16-11-7-8-12-17(16)27(18,24)25/h4-12,18-19H,13-14H2,1-3H3,(H,22,23)/t18-,19-/m1/s1. The Morgan fingerprint density at radius 2 is 1.74 bits per heavy atom. The minimum atomic E-state index is -3.51. The van der Waals surface area contributed by atoms with E-state index in [9.17, 15) is 13.2 Å². The third-order valence-electron chi connectivity index (χ3n) is 4.89. The van der Waals surface area contributed by atoms with Gasteiger partial charge in [-0.05, 0) is 29.0 Å². The quantitative estimate of drug-likeness (QED) is 0.868. The van der Waals surface area contributed by atoms with Crippen LogP contribution in [-0.4, -0.2) is 25.8 Å². The molecule has 1 aliphatic rings. The van der Waals surface area contributed by atoms with Crippen LogP contribution in [0.5, 0.6) is 0 Å². The highest BCUT2D eigenvalue weighted by Crippen LogP contribution is 2.37. The number of fused-ring (bicyclic) bond motifs is 1. The highest BCUT2D eigenvalue weighted by atomic mass is 32.2. The summed E-state index contributed by atoms with van der Waals surface area (Å²) >= 11 is 0. The van der Waals surface area contributed by atoms with Gasteiger partial charge in [-0.3, -0.25) is 0 Å². The summed E-state index contributed by atoms with van der Waals surface area (Å²) in [6, 6.07) is 15.8. The summed E-state index contributed by atoms with van der Waals surface area (Å²) in [4.78, 5) is 12.8. The Morgan fingerprint density at radius 3 is 2.37 bits per heavy atom. The molecule has 0 fully saturated rings. The first kappa shape index (κ1) is 19.4. The van der Waals surface area contributed by atoms with Crippen molar-refractivity contribution in [2.24, 2.45) is 5.41 Å². The first-order valence-corrected chi connectivity index (χ1v) is 10.5. The van der Waals surface area contributed by atoms with E-state index in [2.05, 4.69) is 5.32 Å². The van der Waals surface area contributed by atoms with Crippen molar-refractivity contribution >= 4 is 15.9 Å². The number of hydrogen-bond acceptors (Lipinski definition) is 4. The van der Waals surface area contributed by atoms with E-state index in [1.165, 1.54) is 0 Å². The number of nitrogens with one attached hydrogen (secondary N) is 1. The molecule has 2 atom stereocenters. The number of sulfone groups is 1. The SMILES string of the molecule is CC(C)(C)[C@H](NC(=O)OCc1ccccc1)[C@H]1Cc2ccccc2S1(=O)=O. The fourth-order valence-corrected chi connectivity index (χ4v) is 5.84. The van der Waals surface area contributed by atoms with Gasteiger partial charge in [-0.1, -0.05) is 69.3 Å². The minimum absolute atomic E-state index is 0.140. The normalized spacial score (nSPS) is 19.1. The summed E-state index contributed by atoms with van der Waals surface area (Å²) < 4.78 is 31.4. The lowest BCUT2D eigenvalue weighted by Gasteiger charge is -2.35. The Kier molecular flexibility index (Phi) is 5.29. The van der Waals surface area contributed by atoms with E-state index in [4.69, 9.17) is 4.74 Å². The van der Waals surface area contributed by atoms with Gasteiger partial charge in [0.2, 0.25) is 0 Å². The predicted molar refractivity (Wildman–Crippen MR) is 104 cm³/mol. The van der Waals surface area contributed by atoms with E-state index in [1.54, 1.807) is 12.1 Å². The lowest BCUT2D eigenvalue weighted by Crippen LogP contribution is -2.53. The molecule has 27 heavy (non-hydrogen) atoms. The van der Waals surface area contributed by atoms with Crippen LogP contribution in [0.15, 0.2) is 59.5 Å². The molecule has 2 aromatic carbocycles. The maximum atomic E-state index is 13.0. The zero-order chi connectivity index (χ0) is 19.7. The summed E-state index contributed by atoms with van der Waals surface area (Å²) in [6.07, 6.45) is -0.218. The number of carbonyl (C=O) groups is 1. The lowest BCUT2D eigenvalue weighted by molar-refractivity contribution is 0.125. The molecule has 3 rings (SSSR count). The molecule has 0 bridgehead atoms. The van der Waals surface area contributed by atoms with Crippen molar-refractivity contribution in [1.82, 2.24) is 5.32 Å². The van der Waals surface area contributed by atoms with Gasteiger partial charge >= 0.3 is 6.09 Å². The maximum Gasteiger partial charge on any atom is 0.407 e. The van der Waals surface area contributed by atoms with Crippen LogP contribution in [-0.2, 0) is 27.6 Å². The maximum absolute atomic E-state index is 13.0. The summed E-state index contributed by atoms with van der Waals surface area (Å²) in [7, 11) is -3.51. The lowest BCUT2D eigenvalue weighted by atomic mass is 9.83. The molecule has 0 spiro atoms. The second-order valence-corrected chi connectivity index (χ2v) is 10.1. The number of rotatable bonds is 4. The predicted octanol–water partition coefficient (Wildman–Crippen LogP) is 3.73. The number of ether oxygens (including phenoxy) is 1. The van der Waals surface area contributed by atoms with Crippen molar-refractivity contribution in [3.05, 3.63) is 65.7 Å². The molecule has 5 nitrogen and oxygen atoms in total. The average molecular weight is 388 g/mol. The van der Waals surface area contributed by atoms with E-state index >= 15 is 0 Å². The molecule has 1 heterocycles. The van der Waals surface area contributed by atoms with Crippen LogP contribution in [0.2, 0.25) is 0 Å². The molecule has 1 N–H and O–H groups in total. The van der Waals surface area contributed by atoms with Gasteiger partial charge in [0.05, 0.1) is 16.2 Å². The summed E-state index contributed by atoms with van der Waals surface area (Å²) in [5.74, 6) is 0. The smallest absolute Gasteiger partial charge is 0.407 e. The first-order chi connectivity index (χ1) is 12.7. The van der Waals surface area contributed by atoms with Gasteiger partial charge in [0.15, 0.2) is 9.84 Å². The van der Waals surface area contributed by atoms with E-state index in [0.717, 1.165) is 11.1 Å². The molecular weight excluding hydrogens is 362 g/mol. The highest BCUT2D eigenvalue weighted by molar-refractivity contribution is 7.92. The monoisotopic (exact) mass is 387 g/mol. The van der Waals surface area contributed by atoms with E-state index in [-0.39, 0.29) is 6.61 Å². The minimum Gasteiger partial charge on any atom is -0.445 e. The van der Waals surface area contributed by atoms with Crippen molar-refractivity contribution in [2.45, 2.75) is 50.0 Å². The van der Waals surface area contributed by atoms with Gasteiger partial charge in [0.25, 0.3) is 0 Å². The summed E-state index contributed by atoms with van der Waals surface area (Å²) in [6.45, 7) is 5.91. The average Bonchev–Trinajstić information content (AvgIpc) is 2.89. The molecule has 0 aromatic heterocycles. The largest absolute Gasteiger partial charge is 0.445 e.